The molecule has 0 fully saturated rings. The lowest BCUT2D eigenvalue weighted by molar-refractivity contribution is -0.139. The maximum absolute atomic E-state index is 11.1. The molecule has 0 aliphatic rings. The molecule has 0 saturated heterocycles. The van der Waals surface area contributed by atoms with E-state index in [9.17, 15) is 4.79 Å². The van der Waals surface area contributed by atoms with Gasteiger partial charge >= 0.3 is 5.97 Å². The van der Waals surface area contributed by atoms with Gasteiger partial charge in [-0.3, -0.25) is 9.52 Å². The fourth-order valence-electron chi connectivity index (χ4n) is 1.08. The number of ether oxygens (including phenoxy) is 1. The molecule has 82 valence electrons. The zero-order valence-electron chi connectivity index (χ0n) is 8.54. The molecule has 0 unspecified atom stereocenters. The number of esters is 1. The predicted molar refractivity (Wildman–Crippen MR) is 64.8 cm³/mol. The smallest absolute Gasteiger partial charge is 0.309 e. The average Bonchev–Trinajstić information content (AvgIpc) is 2.23. The maximum atomic E-state index is 11.1. The first-order valence-corrected chi connectivity index (χ1v) is 5.97. The van der Waals surface area contributed by atoms with E-state index in [2.05, 4.69) is 25.4 Å². The quantitative estimate of drug-likeness (QED) is 0.682. The van der Waals surface area contributed by atoms with Crippen molar-refractivity contribution in [2.45, 2.75) is 11.3 Å². The van der Waals surface area contributed by atoms with Crippen molar-refractivity contribution in [3.05, 3.63) is 28.2 Å². The molecule has 3 nitrogen and oxygen atoms in total. The summed E-state index contributed by atoms with van der Waals surface area (Å²) in [5.74, 6) is -0.224. The van der Waals surface area contributed by atoms with Crippen molar-refractivity contribution in [2.75, 3.05) is 14.2 Å². The average molecular weight is 290 g/mol. The van der Waals surface area contributed by atoms with Gasteiger partial charge in [0.05, 0.1) is 13.5 Å². The van der Waals surface area contributed by atoms with Gasteiger partial charge in [0.15, 0.2) is 0 Å². The summed E-state index contributed by atoms with van der Waals surface area (Å²) in [4.78, 5) is 12.1. The van der Waals surface area contributed by atoms with E-state index >= 15 is 0 Å². The van der Waals surface area contributed by atoms with Gasteiger partial charge in [0.1, 0.15) is 0 Å². The summed E-state index contributed by atoms with van der Waals surface area (Å²) in [5, 5.41) is 0. The van der Waals surface area contributed by atoms with Crippen LogP contribution in [0.15, 0.2) is 27.6 Å². The molecule has 0 aliphatic heterocycles. The van der Waals surface area contributed by atoms with Crippen molar-refractivity contribution in [3.8, 4) is 0 Å². The first kappa shape index (κ1) is 12.5. The molecule has 15 heavy (non-hydrogen) atoms. The van der Waals surface area contributed by atoms with E-state index in [1.54, 1.807) is 0 Å². The van der Waals surface area contributed by atoms with Crippen molar-refractivity contribution < 1.29 is 9.53 Å². The van der Waals surface area contributed by atoms with Crippen LogP contribution in [-0.2, 0) is 16.0 Å². The van der Waals surface area contributed by atoms with Gasteiger partial charge in [0, 0.05) is 9.37 Å². The summed E-state index contributed by atoms with van der Waals surface area (Å²) in [5.41, 5.74) is 0.947. The Morgan fingerprint density at radius 2 is 2.33 bits per heavy atom. The third-order valence-corrected chi connectivity index (χ3v) is 3.50. The van der Waals surface area contributed by atoms with E-state index < -0.39 is 0 Å². The van der Waals surface area contributed by atoms with E-state index in [-0.39, 0.29) is 5.97 Å². The van der Waals surface area contributed by atoms with Crippen molar-refractivity contribution in [1.82, 2.24) is 4.72 Å². The van der Waals surface area contributed by atoms with Crippen LogP contribution in [0.5, 0.6) is 0 Å². The standard InChI is InChI=1S/C10H12BrNO2S/c1-12-15-9-5-7(3-4-8(9)11)6-10(13)14-2/h3-5,12H,6H2,1-2H3. The topological polar surface area (TPSA) is 38.3 Å². The zero-order valence-corrected chi connectivity index (χ0v) is 10.9. The molecule has 0 aliphatic carbocycles. The van der Waals surface area contributed by atoms with Crippen LogP contribution in [0.2, 0.25) is 0 Å². The van der Waals surface area contributed by atoms with E-state index in [1.165, 1.54) is 19.1 Å². The fourth-order valence-corrected chi connectivity index (χ4v) is 2.17. The molecule has 0 aromatic heterocycles. The van der Waals surface area contributed by atoms with Gasteiger partial charge in [0.25, 0.3) is 0 Å². The van der Waals surface area contributed by atoms with E-state index in [1.807, 2.05) is 25.2 Å². The summed E-state index contributed by atoms with van der Waals surface area (Å²) in [6.45, 7) is 0. The van der Waals surface area contributed by atoms with Crippen LogP contribution in [0, 0.1) is 0 Å². The molecule has 0 saturated carbocycles. The minimum Gasteiger partial charge on any atom is -0.469 e. The van der Waals surface area contributed by atoms with Crippen molar-refractivity contribution in [2.24, 2.45) is 0 Å². The normalized spacial score (nSPS) is 10.1. The van der Waals surface area contributed by atoms with E-state index in [0.717, 1.165) is 14.9 Å². The van der Waals surface area contributed by atoms with Crippen LogP contribution in [-0.4, -0.2) is 20.1 Å². The summed E-state index contributed by atoms with van der Waals surface area (Å²) in [6, 6.07) is 5.79. The Morgan fingerprint density at radius 3 is 2.93 bits per heavy atom. The zero-order chi connectivity index (χ0) is 11.3. The molecule has 5 heteroatoms. The Labute approximate surface area is 102 Å². The number of hydrogen-bond donors (Lipinski definition) is 1. The third-order valence-electron chi connectivity index (χ3n) is 1.78. The molecule has 1 aromatic rings. The highest BCUT2D eigenvalue weighted by Crippen LogP contribution is 2.26. The molecular weight excluding hydrogens is 278 g/mol. The summed E-state index contributed by atoms with van der Waals surface area (Å²) >= 11 is 4.94. The van der Waals surface area contributed by atoms with Gasteiger partial charge in [0.2, 0.25) is 0 Å². The second kappa shape index (κ2) is 6.15. The maximum Gasteiger partial charge on any atom is 0.309 e. The van der Waals surface area contributed by atoms with Crippen LogP contribution in [0.25, 0.3) is 0 Å². The van der Waals surface area contributed by atoms with E-state index in [0.29, 0.717) is 6.42 Å². The minimum absolute atomic E-state index is 0.224. The first-order valence-electron chi connectivity index (χ1n) is 4.36. The molecule has 0 atom stereocenters. The lowest BCUT2D eigenvalue weighted by Crippen LogP contribution is -2.04. The number of carbonyl (C=O) groups is 1. The van der Waals surface area contributed by atoms with Crippen LogP contribution in [0.4, 0.5) is 0 Å². The fraction of sp³-hybridized carbons (Fsp3) is 0.300. The Kier molecular flexibility index (Phi) is 5.14. The second-order valence-corrected chi connectivity index (χ2v) is 4.73. The molecule has 0 amide bonds. The van der Waals surface area contributed by atoms with Crippen molar-refractivity contribution >= 4 is 33.8 Å². The first-order chi connectivity index (χ1) is 7.17. The van der Waals surface area contributed by atoms with Crippen LogP contribution in [0.3, 0.4) is 0 Å². The van der Waals surface area contributed by atoms with Crippen LogP contribution in [0.1, 0.15) is 5.56 Å². The van der Waals surface area contributed by atoms with Gasteiger partial charge in [-0.1, -0.05) is 6.07 Å². The highest BCUT2D eigenvalue weighted by Gasteiger charge is 2.06. The number of benzene rings is 1. The number of carbonyl (C=O) groups excluding carboxylic acids is 1. The Balaban J connectivity index is 2.82. The van der Waals surface area contributed by atoms with Crippen molar-refractivity contribution in [3.63, 3.8) is 0 Å². The number of rotatable bonds is 4. The third kappa shape index (κ3) is 3.85. The molecule has 1 rings (SSSR count). The van der Waals surface area contributed by atoms with E-state index in [4.69, 9.17) is 0 Å². The summed E-state index contributed by atoms with van der Waals surface area (Å²) < 4.78 is 8.61. The number of nitrogens with one attached hydrogen (secondary N) is 1. The Bertz CT molecular complexity index is 357. The van der Waals surface area contributed by atoms with Gasteiger partial charge in [-0.2, -0.15) is 0 Å². The van der Waals surface area contributed by atoms with Crippen LogP contribution >= 0.6 is 27.9 Å². The molecule has 0 spiro atoms. The SMILES string of the molecule is CNSc1cc(CC(=O)OC)ccc1Br. The number of methoxy groups -OCH3 is 1. The number of hydrogen-bond acceptors (Lipinski definition) is 4. The lowest BCUT2D eigenvalue weighted by Gasteiger charge is -2.05. The Hall–Kier alpha value is -0.520. The molecule has 1 N–H and O–H groups in total. The summed E-state index contributed by atoms with van der Waals surface area (Å²) in [6.07, 6.45) is 0.307. The molecule has 0 bridgehead atoms. The number of halogens is 1. The van der Waals surface area contributed by atoms with Gasteiger partial charge in [-0.25, -0.2) is 0 Å². The predicted octanol–water partition coefficient (Wildman–Crippen LogP) is 2.39. The molecular formula is C10H12BrNO2S. The van der Waals surface area contributed by atoms with Gasteiger partial charge < -0.3 is 4.74 Å². The minimum atomic E-state index is -0.224. The van der Waals surface area contributed by atoms with Gasteiger partial charge in [-0.05, 0) is 52.6 Å². The van der Waals surface area contributed by atoms with Crippen molar-refractivity contribution in [1.29, 1.82) is 0 Å². The Morgan fingerprint density at radius 1 is 1.60 bits per heavy atom. The lowest BCUT2D eigenvalue weighted by atomic mass is 10.1. The highest BCUT2D eigenvalue weighted by molar-refractivity contribution is 9.10. The molecule has 1 aromatic carbocycles. The monoisotopic (exact) mass is 289 g/mol. The van der Waals surface area contributed by atoms with Gasteiger partial charge in [-0.15, -0.1) is 0 Å². The molecule has 0 radical (unpaired) electrons. The molecule has 0 heterocycles. The second-order valence-electron chi connectivity index (χ2n) is 2.82. The van der Waals surface area contributed by atoms with Crippen LogP contribution < -0.4 is 4.72 Å². The summed E-state index contributed by atoms with van der Waals surface area (Å²) in [7, 11) is 3.24. The highest BCUT2D eigenvalue weighted by atomic mass is 79.9. The largest absolute Gasteiger partial charge is 0.469 e.